The maximum atomic E-state index is 12.0. The Balaban J connectivity index is 3.02. The molecule has 3 nitrogen and oxygen atoms in total. The summed E-state index contributed by atoms with van der Waals surface area (Å²) in [6.07, 6.45) is 0. The van der Waals surface area contributed by atoms with E-state index in [4.69, 9.17) is 0 Å². The smallest absolute Gasteiger partial charge is 0.159 e. The first kappa shape index (κ1) is 14.7. The van der Waals surface area contributed by atoms with E-state index in [1.807, 2.05) is 32.4 Å². The monoisotopic (exact) mass is 348 g/mol. The minimum atomic E-state index is -0.304. The number of ketones is 1. The van der Waals surface area contributed by atoms with Crippen molar-refractivity contribution in [1.82, 2.24) is 9.78 Å². The quantitative estimate of drug-likeness (QED) is 0.784. The van der Waals surface area contributed by atoms with E-state index in [1.165, 1.54) is 5.56 Å². The molecule has 0 N–H and O–H groups in total. The van der Waals surface area contributed by atoms with Gasteiger partial charge in [-0.2, -0.15) is 5.10 Å². The summed E-state index contributed by atoms with van der Waals surface area (Å²) >= 11 is 2.25. The Morgan fingerprint density at radius 2 is 1.94 bits per heavy atom. The zero-order valence-corrected chi connectivity index (χ0v) is 13.6. The lowest BCUT2D eigenvalue weighted by atomic mass is 9.91. The summed E-state index contributed by atoms with van der Waals surface area (Å²) in [5.41, 5.74) is 2.07. The molecular weight excluding hydrogens is 327 g/mol. The number of hydrogen-bond acceptors (Lipinski definition) is 2. The number of halogens is 1. The second-order valence-electron chi connectivity index (χ2n) is 5.78. The van der Waals surface area contributed by atoms with Gasteiger partial charge in [-0.25, -0.2) is 0 Å². The second-order valence-corrected chi connectivity index (χ2v) is 6.80. The van der Waals surface area contributed by atoms with Gasteiger partial charge >= 0.3 is 0 Å². The van der Waals surface area contributed by atoms with Crippen LogP contribution >= 0.6 is 22.6 Å². The van der Waals surface area contributed by atoms with Crippen molar-refractivity contribution >= 4 is 28.4 Å². The van der Waals surface area contributed by atoms with Crippen LogP contribution in [0.15, 0.2) is 0 Å². The standard InChI is InChI=1S/C13H21IN2O/c1-8(2)11-9(3)16(15-12(11)14)7-10(17)13(4,5)6/h8H,7H2,1-6H3. The molecule has 0 bridgehead atoms. The van der Waals surface area contributed by atoms with Crippen LogP contribution in [0.5, 0.6) is 0 Å². The first-order chi connectivity index (χ1) is 7.64. The predicted molar refractivity (Wildman–Crippen MR) is 78.2 cm³/mol. The van der Waals surface area contributed by atoms with Crippen molar-refractivity contribution in [1.29, 1.82) is 0 Å². The van der Waals surface area contributed by atoms with Gasteiger partial charge in [0.1, 0.15) is 10.2 Å². The van der Waals surface area contributed by atoms with Crippen LogP contribution < -0.4 is 0 Å². The van der Waals surface area contributed by atoms with E-state index in [0.717, 1.165) is 9.39 Å². The molecule has 1 rings (SSSR count). The van der Waals surface area contributed by atoms with Crippen molar-refractivity contribution in [3.63, 3.8) is 0 Å². The molecule has 4 heteroatoms. The van der Waals surface area contributed by atoms with E-state index in [1.54, 1.807) is 0 Å². The normalized spacial score (nSPS) is 12.2. The average Bonchev–Trinajstić information content (AvgIpc) is 2.40. The number of hydrogen-bond donors (Lipinski definition) is 0. The van der Waals surface area contributed by atoms with Gasteiger partial charge in [0.2, 0.25) is 0 Å². The molecule has 0 fully saturated rings. The van der Waals surface area contributed by atoms with Gasteiger partial charge in [-0.3, -0.25) is 9.48 Å². The molecule has 1 heterocycles. The van der Waals surface area contributed by atoms with E-state index in [-0.39, 0.29) is 11.2 Å². The van der Waals surface area contributed by atoms with Crippen LogP contribution in [0.1, 0.15) is 51.8 Å². The molecule has 0 aromatic carbocycles. The van der Waals surface area contributed by atoms with Crippen molar-refractivity contribution < 1.29 is 4.79 Å². The second kappa shape index (κ2) is 5.08. The van der Waals surface area contributed by atoms with Gasteiger partial charge < -0.3 is 0 Å². The largest absolute Gasteiger partial charge is 0.297 e. The zero-order chi connectivity index (χ0) is 13.4. The van der Waals surface area contributed by atoms with Crippen molar-refractivity contribution in [3.8, 4) is 0 Å². The molecule has 0 saturated carbocycles. The highest BCUT2D eigenvalue weighted by Gasteiger charge is 2.24. The van der Waals surface area contributed by atoms with E-state index in [2.05, 4.69) is 41.5 Å². The first-order valence-electron chi connectivity index (χ1n) is 5.90. The topological polar surface area (TPSA) is 34.9 Å². The lowest BCUT2D eigenvalue weighted by Crippen LogP contribution is -2.26. The zero-order valence-electron chi connectivity index (χ0n) is 11.5. The van der Waals surface area contributed by atoms with Gasteiger partial charge in [0.15, 0.2) is 5.78 Å². The van der Waals surface area contributed by atoms with E-state index in [9.17, 15) is 4.79 Å². The molecule has 1 aromatic heterocycles. The Kier molecular flexibility index (Phi) is 4.38. The number of rotatable bonds is 3. The highest BCUT2D eigenvalue weighted by molar-refractivity contribution is 14.1. The number of carbonyl (C=O) groups is 1. The van der Waals surface area contributed by atoms with Crippen molar-refractivity contribution in [2.75, 3.05) is 0 Å². The highest BCUT2D eigenvalue weighted by atomic mass is 127. The molecule has 1 aromatic rings. The maximum absolute atomic E-state index is 12.0. The van der Waals surface area contributed by atoms with Gasteiger partial charge in [-0.1, -0.05) is 34.6 Å². The van der Waals surface area contributed by atoms with Gasteiger partial charge in [-0.05, 0) is 35.4 Å². The number of aromatic nitrogens is 2. The van der Waals surface area contributed by atoms with Gasteiger partial charge in [0, 0.05) is 16.7 Å². The summed E-state index contributed by atoms with van der Waals surface area (Å²) in [4.78, 5) is 12.0. The average molecular weight is 348 g/mol. The van der Waals surface area contributed by atoms with Crippen LogP contribution in [0.4, 0.5) is 0 Å². The Bertz CT molecular complexity index is 427. The Morgan fingerprint density at radius 1 is 1.41 bits per heavy atom. The summed E-state index contributed by atoms with van der Waals surface area (Å²) in [5.74, 6) is 0.662. The molecule has 0 saturated heterocycles. The van der Waals surface area contributed by atoms with Crippen LogP contribution in [0.2, 0.25) is 0 Å². The van der Waals surface area contributed by atoms with E-state index < -0.39 is 0 Å². The minimum absolute atomic E-state index is 0.217. The fourth-order valence-electron chi connectivity index (χ4n) is 1.71. The van der Waals surface area contributed by atoms with Gasteiger partial charge in [0.25, 0.3) is 0 Å². The molecule has 0 aliphatic carbocycles. The fraction of sp³-hybridized carbons (Fsp3) is 0.692. The van der Waals surface area contributed by atoms with Crippen LogP contribution in [-0.4, -0.2) is 15.6 Å². The third-order valence-electron chi connectivity index (χ3n) is 2.91. The Hall–Kier alpha value is -0.390. The minimum Gasteiger partial charge on any atom is -0.297 e. The lowest BCUT2D eigenvalue weighted by molar-refractivity contribution is -0.127. The summed E-state index contributed by atoms with van der Waals surface area (Å²) in [6, 6.07) is 0. The number of nitrogens with zero attached hydrogens (tertiary/aromatic N) is 2. The lowest BCUT2D eigenvalue weighted by Gasteiger charge is -2.17. The van der Waals surface area contributed by atoms with Crippen LogP contribution in [0.25, 0.3) is 0 Å². The molecule has 17 heavy (non-hydrogen) atoms. The highest BCUT2D eigenvalue weighted by Crippen LogP contribution is 2.25. The van der Waals surface area contributed by atoms with E-state index in [0.29, 0.717) is 12.5 Å². The van der Waals surface area contributed by atoms with Crippen molar-refractivity contribution in [2.24, 2.45) is 5.41 Å². The van der Waals surface area contributed by atoms with Crippen molar-refractivity contribution in [2.45, 2.75) is 54.0 Å². The van der Waals surface area contributed by atoms with E-state index >= 15 is 0 Å². The molecule has 96 valence electrons. The summed E-state index contributed by atoms with van der Waals surface area (Å²) in [7, 11) is 0. The number of carbonyl (C=O) groups excluding carboxylic acids is 1. The first-order valence-corrected chi connectivity index (χ1v) is 6.98. The third kappa shape index (κ3) is 3.30. The van der Waals surface area contributed by atoms with Gasteiger partial charge in [0.05, 0.1) is 0 Å². The molecule has 0 spiro atoms. The SMILES string of the molecule is Cc1c(C(C)C)c(I)nn1CC(=O)C(C)(C)C. The number of Topliss-reactive ketones (excluding diaryl/α,β-unsaturated/α-hetero) is 1. The Labute approximate surface area is 117 Å². The molecule has 0 atom stereocenters. The van der Waals surface area contributed by atoms with Gasteiger partial charge in [-0.15, -0.1) is 0 Å². The third-order valence-corrected chi connectivity index (χ3v) is 3.71. The predicted octanol–water partition coefficient (Wildman–Crippen LogP) is 3.53. The molecule has 0 amide bonds. The van der Waals surface area contributed by atoms with Crippen LogP contribution in [-0.2, 0) is 11.3 Å². The molecule has 0 unspecified atom stereocenters. The molecule has 0 radical (unpaired) electrons. The summed E-state index contributed by atoms with van der Waals surface area (Å²) in [5, 5.41) is 4.47. The van der Waals surface area contributed by atoms with Crippen molar-refractivity contribution in [3.05, 3.63) is 15.0 Å². The molecule has 0 aliphatic rings. The Morgan fingerprint density at radius 3 is 2.29 bits per heavy atom. The molecular formula is C13H21IN2O. The van der Waals surface area contributed by atoms with Crippen LogP contribution in [0.3, 0.4) is 0 Å². The maximum Gasteiger partial charge on any atom is 0.159 e. The molecule has 0 aliphatic heterocycles. The summed E-state index contributed by atoms with van der Waals surface area (Å²) in [6.45, 7) is 12.6. The van der Waals surface area contributed by atoms with Crippen LogP contribution in [0, 0.1) is 16.0 Å². The fourth-order valence-corrected chi connectivity index (χ4v) is 2.98. The summed E-state index contributed by atoms with van der Waals surface area (Å²) < 4.78 is 2.85.